The molecule has 104 valence electrons. The van der Waals surface area contributed by atoms with Gasteiger partial charge >= 0.3 is 0 Å². The fourth-order valence-corrected chi connectivity index (χ4v) is 3.26. The molecule has 0 amide bonds. The second kappa shape index (κ2) is 5.80. The zero-order valence-electron chi connectivity index (χ0n) is 12.4. The number of hydrogen-bond donors (Lipinski definition) is 1. The number of hydrogen-bond acceptors (Lipinski definition) is 1. The van der Waals surface area contributed by atoms with Crippen molar-refractivity contribution in [3.8, 4) is 0 Å². The van der Waals surface area contributed by atoms with Gasteiger partial charge in [-0.25, -0.2) is 0 Å². The average molecular weight is 265 g/mol. The van der Waals surface area contributed by atoms with Crippen molar-refractivity contribution in [1.29, 1.82) is 0 Å². The molecule has 3 rings (SSSR count). The highest BCUT2D eigenvalue weighted by molar-refractivity contribution is 5.33. The zero-order valence-corrected chi connectivity index (χ0v) is 12.4. The fraction of sp³-hybridized carbons (Fsp3) is 0.368. The van der Waals surface area contributed by atoms with Crippen molar-refractivity contribution in [2.75, 3.05) is 0 Å². The summed E-state index contributed by atoms with van der Waals surface area (Å²) in [5, 5.41) is 3.82. The maximum atomic E-state index is 3.82. The molecule has 2 aromatic rings. The van der Waals surface area contributed by atoms with E-state index in [0.29, 0.717) is 12.1 Å². The van der Waals surface area contributed by atoms with Gasteiger partial charge in [-0.1, -0.05) is 54.1 Å². The zero-order chi connectivity index (χ0) is 13.9. The van der Waals surface area contributed by atoms with Crippen LogP contribution >= 0.6 is 0 Å². The topological polar surface area (TPSA) is 12.0 Å². The molecule has 1 heteroatoms. The molecule has 1 aliphatic carbocycles. The van der Waals surface area contributed by atoms with E-state index in [-0.39, 0.29) is 0 Å². The maximum absolute atomic E-state index is 3.82. The van der Waals surface area contributed by atoms with Crippen LogP contribution in [0, 0.1) is 6.92 Å². The number of rotatable bonds is 3. The van der Waals surface area contributed by atoms with E-state index in [1.54, 1.807) is 0 Å². The third kappa shape index (κ3) is 2.78. The fourth-order valence-electron chi connectivity index (χ4n) is 3.26. The molecule has 0 heterocycles. The predicted molar refractivity (Wildman–Crippen MR) is 84.9 cm³/mol. The van der Waals surface area contributed by atoms with Crippen molar-refractivity contribution in [2.24, 2.45) is 0 Å². The van der Waals surface area contributed by atoms with Crippen LogP contribution in [0.3, 0.4) is 0 Å². The Morgan fingerprint density at radius 2 is 1.95 bits per heavy atom. The summed E-state index contributed by atoms with van der Waals surface area (Å²) in [7, 11) is 0. The van der Waals surface area contributed by atoms with Crippen molar-refractivity contribution < 1.29 is 0 Å². The molecule has 0 spiro atoms. The standard InChI is InChI=1S/C19H23N/c1-14-7-5-10-17(13-14)15(2)20-19-12-6-9-16-8-3-4-11-18(16)19/h3-5,7-8,10-11,13,15,19-20H,6,9,12H2,1-2H3/t15-,19?/m0/s1. The third-order valence-electron chi connectivity index (χ3n) is 4.36. The minimum Gasteiger partial charge on any atom is -0.303 e. The number of benzene rings is 2. The molecule has 0 fully saturated rings. The van der Waals surface area contributed by atoms with Crippen LogP contribution in [0.2, 0.25) is 0 Å². The first-order valence-corrected chi connectivity index (χ1v) is 7.64. The highest BCUT2D eigenvalue weighted by Crippen LogP contribution is 2.31. The summed E-state index contributed by atoms with van der Waals surface area (Å²) in [5.41, 5.74) is 5.74. The van der Waals surface area contributed by atoms with Gasteiger partial charge in [0, 0.05) is 12.1 Å². The van der Waals surface area contributed by atoms with Gasteiger partial charge in [0.1, 0.15) is 0 Å². The first-order valence-electron chi connectivity index (χ1n) is 7.64. The Morgan fingerprint density at radius 3 is 2.80 bits per heavy atom. The summed E-state index contributed by atoms with van der Waals surface area (Å²) in [4.78, 5) is 0. The molecule has 2 aromatic carbocycles. The molecule has 0 bridgehead atoms. The molecule has 0 aliphatic heterocycles. The van der Waals surface area contributed by atoms with Crippen LogP contribution in [0.4, 0.5) is 0 Å². The molecule has 1 unspecified atom stereocenters. The van der Waals surface area contributed by atoms with Crippen LogP contribution in [-0.2, 0) is 6.42 Å². The van der Waals surface area contributed by atoms with Gasteiger partial charge in [0.2, 0.25) is 0 Å². The normalized spacial score (nSPS) is 19.4. The molecule has 0 saturated carbocycles. The lowest BCUT2D eigenvalue weighted by molar-refractivity contribution is 0.415. The van der Waals surface area contributed by atoms with Crippen LogP contribution in [0.1, 0.15) is 54.1 Å². The van der Waals surface area contributed by atoms with Crippen LogP contribution in [-0.4, -0.2) is 0 Å². The van der Waals surface area contributed by atoms with E-state index < -0.39 is 0 Å². The summed E-state index contributed by atoms with van der Waals surface area (Å²) in [6, 6.07) is 18.6. The van der Waals surface area contributed by atoms with E-state index >= 15 is 0 Å². The quantitative estimate of drug-likeness (QED) is 0.846. The van der Waals surface area contributed by atoms with Crippen LogP contribution in [0.15, 0.2) is 48.5 Å². The number of fused-ring (bicyclic) bond motifs is 1. The molecule has 2 atom stereocenters. The number of aryl methyl sites for hydroxylation is 2. The van der Waals surface area contributed by atoms with E-state index in [1.165, 1.54) is 41.5 Å². The lowest BCUT2D eigenvalue weighted by Crippen LogP contribution is -2.27. The largest absolute Gasteiger partial charge is 0.303 e. The predicted octanol–water partition coefficient (Wildman–Crippen LogP) is 4.72. The summed E-state index contributed by atoms with van der Waals surface area (Å²) in [6.07, 6.45) is 3.76. The Kier molecular flexibility index (Phi) is 3.88. The van der Waals surface area contributed by atoms with Gasteiger partial charge in [-0.2, -0.15) is 0 Å². The lowest BCUT2D eigenvalue weighted by atomic mass is 9.87. The summed E-state index contributed by atoms with van der Waals surface area (Å²) < 4.78 is 0. The van der Waals surface area contributed by atoms with Crippen molar-refractivity contribution in [3.63, 3.8) is 0 Å². The van der Waals surface area contributed by atoms with Crippen LogP contribution in [0.5, 0.6) is 0 Å². The molecular formula is C19H23N. The maximum Gasteiger partial charge on any atom is 0.0328 e. The molecule has 20 heavy (non-hydrogen) atoms. The molecule has 1 nitrogen and oxygen atoms in total. The van der Waals surface area contributed by atoms with E-state index in [4.69, 9.17) is 0 Å². The van der Waals surface area contributed by atoms with Crippen molar-refractivity contribution in [2.45, 2.75) is 45.2 Å². The van der Waals surface area contributed by atoms with Crippen LogP contribution < -0.4 is 5.32 Å². The average Bonchev–Trinajstić information content (AvgIpc) is 2.47. The SMILES string of the molecule is Cc1cccc([C@H](C)NC2CCCc3ccccc32)c1. The highest BCUT2D eigenvalue weighted by atomic mass is 14.9. The molecule has 1 aliphatic rings. The molecule has 0 radical (unpaired) electrons. The molecule has 1 N–H and O–H groups in total. The smallest absolute Gasteiger partial charge is 0.0328 e. The first kappa shape index (κ1) is 13.4. The van der Waals surface area contributed by atoms with Gasteiger partial charge in [0.25, 0.3) is 0 Å². The molecule has 0 aromatic heterocycles. The first-order chi connectivity index (χ1) is 9.74. The Bertz CT molecular complexity index is 588. The Morgan fingerprint density at radius 1 is 1.10 bits per heavy atom. The second-order valence-electron chi connectivity index (χ2n) is 5.95. The van der Waals surface area contributed by atoms with Gasteiger partial charge in [-0.15, -0.1) is 0 Å². The van der Waals surface area contributed by atoms with Gasteiger partial charge in [0.05, 0.1) is 0 Å². The molecular weight excluding hydrogens is 242 g/mol. The summed E-state index contributed by atoms with van der Waals surface area (Å²) >= 11 is 0. The Hall–Kier alpha value is -1.60. The van der Waals surface area contributed by atoms with Crippen molar-refractivity contribution in [1.82, 2.24) is 5.32 Å². The summed E-state index contributed by atoms with van der Waals surface area (Å²) in [6.45, 7) is 4.43. The van der Waals surface area contributed by atoms with Crippen LogP contribution in [0.25, 0.3) is 0 Å². The van der Waals surface area contributed by atoms with Crippen molar-refractivity contribution in [3.05, 3.63) is 70.8 Å². The van der Waals surface area contributed by atoms with Gasteiger partial charge in [-0.05, 0) is 49.8 Å². The number of nitrogens with one attached hydrogen (secondary N) is 1. The van der Waals surface area contributed by atoms with E-state index in [0.717, 1.165) is 0 Å². The third-order valence-corrected chi connectivity index (χ3v) is 4.36. The Balaban J connectivity index is 1.79. The second-order valence-corrected chi connectivity index (χ2v) is 5.95. The van der Waals surface area contributed by atoms with Crippen molar-refractivity contribution >= 4 is 0 Å². The van der Waals surface area contributed by atoms with Gasteiger partial charge in [-0.3, -0.25) is 0 Å². The summed E-state index contributed by atoms with van der Waals surface area (Å²) in [5.74, 6) is 0. The molecule has 0 saturated heterocycles. The Labute approximate surface area is 122 Å². The monoisotopic (exact) mass is 265 g/mol. The van der Waals surface area contributed by atoms with E-state index in [2.05, 4.69) is 67.7 Å². The van der Waals surface area contributed by atoms with Gasteiger partial charge in [0.15, 0.2) is 0 Å². The minimum absolute atomic E-state index is 0.394. The van der Waals surface area contributed by atoms with E-state index in [9.17, 15) is 0 Å². The minimum atomic E-state index is 0.394. The lowest BCUT2D eigenvalue weighted by Gasteiger charge is -2.29. The van der Waals surface area contributed by atoms with E-state index in [1.807, 2.05) is 0 Å². The highest BCUT2D eigenvalue weighted by Gasteiger charge is 2.21. The van der Waals surface area contributed by atoms with Gasteiger partial charge < -0.3 is 5.32 Å².